The fraction of sp³-hybridized carbons (Fsp3) is 0.250. The number of nitrogens with zero attached hydrogens (tertiary/aromatic N) is 1. The molecule has 1 aromatic rings. The van der Waals surface area contributed by atoms with Gasteiger partial charge in [-0.05, 0) is 12.2 Å². The highest BCUT2D eigenvalue weighted by Crippen LogP contribution is 2.16. The molecule has 0 radical (unpaired) electrons. The van der Waals surface area contributed by atoms with Crippen LogP contribution < -0.4 is 10.6 Å². The maximum atomic E-state index is 5.62. The monoisotopic (exact) mass is 247 g/mol. The second-order valence-electron chi connectivity index (χ2n) is 2.40. The first-order valence-electron chi connectivity index (χ1n) is 3.92. The van der Waals surface area contributed by atoms with Crippen LogP contribution in [0.2, 0.25) is 0 Å². The lowest BCUT2D eigenvalue weighted by molar-refractivity contribution is 1.06. The molecule has 0 fully saturated rings. The van der Waals surface area contributed by atoms with Crippen LogP contribution >= 0.6 is 35.2 Å². The molecule has 6 heteroatoms. The van der Waals surface area contributed by atoms with Crippen molar-refractivity contribution in [1.82, 2.24) is 10.3 Å². The molecule has 1 heterocycles. The number of rotatable bonds is 4. The maximum absolute atomic E-state index is 5.62. The Balaban J connectivity index is 2.43. The first-order chi connectivity index (χ1) is 6.76. The molecule has 0 aromatic carbocycles. The predicted molar refractivity (Wildman–Crippen MR) is 66.1 cm³/mol. The van der Waals surface area contributed by atoms with Crippen molar-refractivity contribution in [2.24, 2.45) is 0 Å². The second kappa shape index (κ2) is 5.95. The highest BCUT2D eigenvalue weighted by molar-refractivity contribution is 7.80. The molecule has 1 rings (SSSR count). The van der Waals surface area contributed by atoms with E-state index in [0.29, 0.717) is 17.5 Å². The van der Waals surface area contributed by atoms with Gasteiger partial charge in [-0.15, -0.1) is 29.5 Å². The van der Waals surface area contributed by atoms with Crippen LogP contribution in [0.1, 0.15) is 5.69 Å². The van der Waals surface area contributed by atoms with Gasteiger partial charge in [-0.3, -0.25) is 0 Å². The summed E-state index contributed by atoms with van der Waals surface area (Å²) in [5.74, 6) is 0.422. The smallest absolute Gasteiger partial charge is 0.189 e. The quantitative estimate of drug-likeness (QED) is 0.487. The maximum Gasteiger partial charge on any atom is 0.189 e. The van der Waals surface area contributed by atoms with Crippen LogP contribution in [-0.2, 0) is 5.88 Å². The van der Waals surface area contributed by atoms with Crippen molar-refractivity contribution in [3.05, 3.63) is 23.7 Å². The van der Waals surface area contributed by atoms with Crippen LogP contribution in [0.5, 0.6) is 0 Å². The number of aromatic nitrogens is 1. The number of alkyl halides is 1. The largest absolute Gasteiger partial charge is 0.359 e. The van der Waals surface area contributed by atoms with Gasteiger partial charge in [-0.1, -0.05) is 6.08 Å². The molecule has 0 atom stereocenters. The second-order valence-corrected chi connectivity index (χ2v) is 3.93. The Morgan fingerprint density at radius 2 is 2.57 bits per heavy atom. The fourth-order valence-corrected chi connectivity index (χ4v) is 1.92. The number of thiazole rings is 1. The zero-order chi connectivity index (χ0) is 10.4. The van der Waals surface area contributed by atoms with Gasteiger partial charge in [0.1, 0.15) is 0 Å². The molecule has 3 nitrogen and oxygen atoms in total. The summed E-state index contributed by atoms with van der Waals surface area (Å²) in [7, 11) is 0. The summed E-state index contributed by atoms with van der Waals surface area (Å²) in [6.07, 6.45) is 1.74. The Morgan fingerprint density at radius 1 is 1.79 bits per heavy atom. The molecule has 1 aromatic heterocycles. The lowest BCUT2D eigenvalue weighted by Gasteiger charge is -2.04. The van der Waals surface area contributed by atoms with Crippen LogP contribution in [0.4, 0.5) is 5.13 Å². The Kier molecular flexibility index (Phi) is 4.86. The number of hydrogen-bond donors (Lipinski definition) is 2. The van der Waals surface area contributed by atoms with Crippen LogP contribution in [0.3, 0.4) is 0 Å². The van der Waals surface area contributed by atoms with Gasteiger partial charge in [-0.25, -0.2) is 4.98 Å². The third kappa shape index (κ3) is 3.61. The summed E-state index contributed by atoms with van der Waals surface area (Å²) in [5, 5.41) is 9.09. The van der Waals surface area contributed by atoms with Crippen molar-refractivity contribution in [3.63, 3.8) is 0 Å². The number of anilines is 1. The number of halogens is 1. The normalized spacial score (nSPS) is 9.50. The lowest BCUT2D eigenvalue weighted by atomic mass is 10.6. The van der Waals surface area contributed by atoms with Gasteiger partial charge in [-0.2, -0.15) is 0 Å². The third-order valence-electron chi connectivity index (χ3n) is 1.32. The minimum absolute atomic E-state index is 0.422. The molecule has 0 saturated heterocycles. The molecular weight excluding hydrogens is 238 g/mol. The molecule has 0 spiro atoms. The Labute approximate surface area is 97.2 Å². The van der Waals surface area contributed by atoms with Gasteiger partial charge in [0.2, 0.25) is 0 Å². The number of hydrogen-bond acceptors (Lipinski definition) is 3. The van der Waals surface area contributed by atoms with Gasteiger partial charge >= 0.3 is 0 Å². The van der Waals surface area contributed by atoms with E-state index in [1.54, 1.807) is 6.08 Å². The fourth-order valence-electron chi connectivity index (χ4n) is 0.732. The summed E-state index contributed by atoms with van der Waals surface area (Å²) in [6, 6.07) is 0. The average molecular weight is 248 g/mol. The van der Waals surface area contributed by atoms with Crippen molar-refractivity contribution >= 4 is 45.4 Å². The van der Waals surface area contributed by atoms with E-state index in [1.165, 1.54) is 11.3 Å². The Bertz CT molecular complexity index is 324. The highest BCUT2D eigenvalue weighted by Gasteiger charge is 2.01. The summed E-state index contributed by atoms with van der Waals surface area (Å²) >= 11 is 12.1. The molecule has 2 N–H and O–H groups in total. The molecule has 0 aliphatic carbocycles. The van der Waals surface area contributed by atoms with E-state index in [2.05, 4.69) is 22.2 Å². The zero-order valence-electron chi connectivity index (χ0n) is 7.42. The highest BCUT2D eigenvalue weighted by atomic mass is 35.5. The zero-order valence-corrected chi connectivity index (χ0v) is 9.81. The van der Waals surface area contributed by atoms with Gasteiger partial charge in [0.15, 0.2) is 10.2 Å². The standard InChI is InChI=1S/C8H10ClN3S2/c1-2-3-10-7(13)12-8-11-6(4-9)5-14-8/h2,5H,1,3-4H2,(H2,10,11,12,13). The van der Waals surface area contributed by atoms with E-state index in [9.17, 15) is 0 Å². The molecule has 14 heavy (non-hydrogen) atoms. The van der Waals surface area contributed by atoms with Gasteiger partial charge in [0.25, 0.3) is 0 Å². The average Bonchev–Trinajstić information content (AvgIpc) is 2.62. The van der Waals surface area contributed by atoms with Crippen molar-refractivity contribution in [2.45, 2.75) is 5.88 Å². The van der Waals surface area contributed by atoms with Crippen LogP contribution in [-0.4, -0.2) is 16.6 Å². The molecule has 0 aliphatic rings. The van der Waals surface area contributed by atoms with Crippen LogP contribution in [0.25, 0.3) is 0 Å². The molecule has 0 amide bonds. The van der Waals surface area contributed by atoms with Crippen molar-refractivity contribution < 1.29 is 0 Å². The number of thiocarbonyl (C=S) groups is 1. The Hall–Kier alpha value is -0.650. The predicted octanol–water partition coefficient (Wildman–Crippen LogP) is 2.35. The Morgan fingerprint density at radius 3 is 3.14 bits per heavy atom. The molecule has 0 aliphatic heterocycles. The molecule has 0 unspecified atom stereocenters. The van der Waals surface area contributed by atoms with Gasteiger partial charge < -0.3 is 10.6 Å². The molecule has 0 saturated carbocycles. The van der Waals surface area contributed by atoms with E-state index >= 15 is 0 Å². The summed E-state index contributed by atoms with van der Waals surface area (Å²) in [6.45, 7) is 4.22. The first kappa shape index (κ1) is 11.4. The molecular formula is C8H10ClN3S2. The topological polar surface area (TPSA) is 37.0 Å². The van der Waals surface area contributed by atoms with E-state index in [4.69, 9.17) is 23.8 Å². The van der Waals surface area contributed by atoms with E-state index < -0.39 is 0 Å². The van der Waals surface area contributed by atoms with E-state index in [0.717, 1.165) is 10.8 Å². The van der Waals surface area contributed by atoms with Gasteiger partial charge in [0, 0.05) is 11.9 Å². The summed E-state index contributed by atoms with van der Waals surface area (Å²) in [5.41, 5.74) is 0.852. The third-order valence-corrected chi connectivity index (χ3v) is 2.64. The number of nitrogens with one attached hydrogen (secondary N) is 2. The minimum atomic E-state index is 0.422. The minimum Gasteiger partial charge on any atom is -0.359 e. The summed E-state index contributed by atoms with van der Waals surface area (Å²) in [4.78, 5) is 4.20. The van der Waals surface area contributed by atoms with Crippen molar-refractivity contribution in [2.75, 3.05) is 11.9 Å². The first-order valence-corrected chi connectivity index (χ1v) is 5.74. The summed E-state index contributed by atoms with van der Waals surface area (Å²) < 4.78 is 0. The van der Waals surface area contributed by atoms with E-state index in [1.807, 2.05) is 5.38 Å². The van der Waals surface area contributed by atoms with Crippen molar-refractivity contribution in [1.29, 1.82) is 0 Å². The van der Waals surface area contributed by atoms with Crippen molar-refractivity contribution in [3.8, 4) is 0 Å². The SMILES string of the molecule is C=CCNC(=S)Nc1nc(CCl)cs1. The lowest BCUT2D eigenvalue weighted by Crippen LogP contribution is -2.28. The van der Waals surface area contributed by atoms with Crippen LogP contribution in [0, 0.1) is 0 Å². The molecule has 76 valence electrons. The van der Waals surface area contributed by atoms with E-state index in [-0.39, 0.29) is 0 Å². The van der Waals surface area contributed by atoms with Gasteiger partial charge in [0.05, 0.1) is 11.6 Å². The van der Waals surface area contributed by atoms with Crippen LogP contribution in [0.15, 0.2) is 18.0 Å². The molecule has 0 bridgehead atoms.